The number of aromatic nitrogens is 1. The molecule has 172 valence electrons. The van der Waals surface area contributed by atoms with Gasteiger partial charge in [0.1, 0.15) is 0 Å². The summed E-state index contributed by atoms with van der Waals surface area (Å²) in [5, 5.41) is 1.36. The van der Waals surface area contributed by atoms with Gasteiger partial charge in [0.05, 0.1) is 11.4 Å². The summed E-state index contributed by atoms with van der Waals surface area (Å²) in [6.45, 7) is 2.16. The maximum absolute atomic E-state index is 6.15. The van der Waals surface area contributed by atoms with Crippen molar-refractivity contribution in [2.75, 3.05) is 0 Å². The van der Waals surface area contributed by atoms with E-state index in [1.807, 2.05) is 18.2 Å². The summed E-state index contributed by atoms with van der Waals surface area (Å²) in [7, 11) is 0. The minimum Gasteiger partial charge on any atom is -0.247 e. The highest BCUT2D eigenvalue weighted by atomic mass is 35.5. The Labute approximate surface area is 217 Å². The lowest BCUT2D eigenvalue weighted by molar-refractivity contribution is 0.960. The predicted molar refractivity (Wildman–Crippen MR) is 149 cm³/mol. The van der Waals surface area contributed by atoms with Crippen LogP contribution in [0.15, 0.2) is 109 Å². The van der Waals surface area contributed by atoms with Crippen LogP contribution in [-0.2, 0) is 12.8 Å². The number of hydrogen-bond donors (Lipinski definition) is 0. The van der Waals surface area contributed by atoms with Gasteiger partial charge in [0.15, 0.2) is 0 Å². The fourth-order valence-electron chi connectivity index (χ4n) is 4.44. The first-order chi connectivity index (χ1) is 17.1. The van der Waals surface area contributed by atoms with Gasteiger partial charge in [-0.05, 0) is 71.8 Å². The molecule has 5 aromatic rings. The molecule has 0 unspecified atom stereocenters. The van der Waals surface area contributed by atoms with E-state index in [9.17, 15) is 0 Å². The molecule has 3 heteroatoms. The van der Waals surface area contributed by atoms with Crippen LogP contribution < -0.4 is 0 Å². The summed E-state index contributed by atoms with van der Waals surface area (Å²) in [6, 6.07) is 37.6. The van der Waals surface area contributed by atoms with E-state index in [-0.39, 0.29) is 0 Å². The van der Waals surface area contributed by atoms with Crippen LogP contribution in [0.1, 0.15) is 16.7 Å². The topological polar surface area (TPSA) is 12.9 Å². The first-order valence-electron chi connectivity index (χ1n) is 11.7. The van der Waals surface area contributed by atoms with E-state index in [1.165, 1.54) is 22.3 Å². The van der Waals surface area contributed by atoms with Gasteiger partial charge in [-0.1, -0.05) is 108 Å². The van der Waals surface area contributed by atoms with Gasteiger partial charge < -0.3 is 0 Å². The lowest BCUT2D eigenvalue weighted by Crippen LogP contribution is -1.96. The zero-order chi connectivity index (χ0) is 24.2. The summed E-state index contributed by atoms with van der Waals surface area (Å²) in [5.74, 6) is 0. The van der Waals surface area contributed by atoms with Crippen LogP contribution >= 0.6 is 23.2 Å². The Morgan fingerprint density at radius 2 is 1.14 bits per heavy atom. The van der Waals surface area contributed by atoms with Crippen molar-refractivity contribution in [1.29, 1.82) is 0 Å². The van der Waals surface area contributed by atoms with Crippen LogP contribution in [0.5, 0.6) is 0 Å². The van der Waals surface area contributed by atoms with E-state index in [2.05, 4.69) is 91.9 Å². The van der Waals surface area contributed by atoms with Crippen molar-refractivity contribution in [1.82, 2.24) is 4.98 Å². The average Bonchev–Trinajstić information content (AvgIpc) is 2.88. The van der Waals surface area contributed by atoms with E-state index in [1.54, 1.807) is 6.07 Å². The van der Waals surface area contributed by atoms with Crippen molar-refractivity contribution in [2.45, 2.75) is 19.8 Å². The van der Waals surface area contributed by atoms with E-state index in [4.69, 9.17) is 28.2 Å². The van der Waals surface area contributed by atoms with Crippen molar-refractivity contribution in [3.63, 3.8) is 0 Å². The van der Waals surface area contributed by atoms with Gasteiger partial charge in [-0.2, -0.15) is 0 Å². The van der Waals surface area contributed by atoms with Gasteiger partial charge >= 0.3 is 0 Å². The molecular formula is C32H25Cl2N. The van der Waals surface area contributed by atoms with Crippen LogP contribution in [0.2, 0.25) is 10.0 Å². The fraction of sp³-hybridized carbons (Fsp3) is 0.0938. The minimum absolute atomic E-state index is 0.678. The summed E-state index contributed by atoms with van der Waals surface area (Å²) in [6.07, 6.45) is 1.81. The van der Waals surface area contributed by atoms with Crippen molar-refractivity contribution >= 4 is 23.2 Å². The molecule has 0 atom stereocenters. The molecule has 1 heterocycles. The number of hydrogen-bond acceptors (Lipinski definition) is 1. The average molecular weight is 494 g/mol. The Kier molecular flexibility index (Phi) is 6.99. The highest BCUT2D eigenvalue weighted by Crippen LogP contribution is 2.34. The summed E-state index contributed by atoms with van der Waals surface area (Å²) < 4.78 is 0. The Hall–Kier alpha value is -3.39. The molecule has 0 fully saturated rings. The molecule has 0 aliphatic carbocycles. The molecule has 0 aliphatic rings. The highest BCUT2D eigenvalue weighted by Gasteiger charge is 2.13. The molecule has 0 saturated heterocycles. The zero-order valence-electron chi connectivity index (χ0n) is 19.5. The fourth-order valence-corrected chi connectivity index (χ4v) is 5.01. The first-order valence-corrected chi connectivity index (χ1v) is 12.5. The molecule has 35 heavy (non-hydrogen) atoms. The molecule has 0 aliphatic heterocycles. The zero-order valence-corrected chi connectivity index (χ0v) is 21.0. The Morgan fingerprint density at radius 3 is 1.77 bits per heavy atom. The maximum atomic E-state index is 6.15. The Morgan fingerprint density at radius 1 is 0.571 bits per heavy atom. The van der Waals surface area contributed by atoms with Crippen molar-refractivity contribution in [3.05, 3.63) is 136 Å². The molecule has 0 saturated carbocycles. The van der Waals surface area contributed by atoms with Crippen molar-refractivity contribution in [2.24, 2.45) is 0 Å². The molecule has 4 aromatic carbocycles. The van der Waals surface area contributed by atoms with Crippen LogP contribution in [0.4, 0.5) is 0 Å². The van der Waals surface area contributed by atoms with Crippen LogP contribution in [0.3, 0.4) is 0 Å². The number of nitrogens with zero attached hydrogens (tertiary/aromatic N) is 1. The van der Waals surface area contributed by atoms with Crippen LogP contribution in [-0.4, -0.2) is 4.98 Å². The molecule has 0 bridgehead atoms. The molecule has 0 N–H and O–H groups in total. The second-order valence-electron chi connectivity index (χ2n) is 8.74. The SMILES string of the molecule is Cc1c(-c2ccccc2)cc(-c2ccc(CCc3cc(Cl)cc(Cl)c3)cc2)nc1-c1ccccc1. The highest BCUT2D eigenvalue weighted by molar-refractivity contribution is 6.34. The van der Waals surface area contributed by atoms with E-state index < -0.39 is 0 Å². The standard InChI is InChI=1S/C32H25Cl2N/c1-22-30(25-8-4-2-5-9-25)21-31(35-32(22)27-10-6-3-7-11-27)26-16-14-23(15-17-26)12-13-24-18-28(33)20-29(34)19-24/h2-11,14-21H,12-13H2,1H3. The van der Waals surface area contributed by atoms with Gasteiger partial charge in [0.25, 0.3) is 0 Å². The molecule has 1 nitrogen and oxygen atoms in total. The summed E-state index contributed by atoms with van der Waals surface area (Å²) in [5.41, 5.74) is 10.2. The van der Waals surface area contributed by atoms with Gasteiger partial charge in [0.2, 0.25) is 0 Å². The molecule has 0 spiro atoms. The normalized spacial score (nSPS) is 10.9. The van der Waals surface area contributed by atoms with Gasteiger partial charge in [-0.25, -0.2) is 4.98 Å². The lowest BCUT2D eigenvalue weighted by atomic mass is 9.94. The summed E-state index contributed by atoms with van der Waals surface area (Å²) in [4.78, 5) is 5.11. The third-order valence-corrected chi connectivity index (χ3v) is 6.72. The van der Waals surface area contributed by atoms with E-state index in [0.717, 1.165) is 40.9 Å². The first kappa shape index (κ1) is 23.4. The van der Waals surface area contributed by atoms with E-state index in [0.29, 0.717) is 10.0 Å². The number of benzene rings is 4. The molecule has 5 rings (SSSR count). The third-order valence-electron chi connectivity index (χ3n) is 6.28. The lowest BCUT2D eigenvalue weighted by Gasteiger charge is -2.15. The Bertz CT molecular complexity index is 1360. The molecule has 0 radical (unpaired) electrons. The largest absolute Gasteiger partial charge is 0.247 e. The maximum Gasteiger partial charge on any atom is 0.0744 e. The molecule has 0 amide bonds. The second kappa shape index (κ2) is 10.5. The van der Waals surface area contributed by atoms with E-state index >= 15 is 0 Å². The smallest absolute Gasteiger partial charge is 0.0744 e. The number of rotatable bonds is 6. The van der Waals surface area contributed by atoms with Crippen molar-refractivity contribution in [3.8, 4) is 33.6 Å². The van der Waals surface area contributed by atoms with Crippen molar-refractivity contribution < 1.29 is 0 Å². The van der Waals surface area contributed by atoms with Gasteiger partial charge in [0, 0.05) is 21.2 Å². The molecular weight excluding hydrogens is 469 g/mol. The number of halogens is 2. The van der Waals surface area contributed by atoms with Gasteiger partial charge in [-0.3, -0.25) is 0 Å². The molecule has 1 aromatic heterocycles. The third kappa shape index (κ3) is 5.48. The van der Waals surface area contributed by atoms with Crippen LogP contribution in [0, 0.1) is 6.92 Å². The Balaban J connectivity index is 1.48. The summed E-state index contributed by atoms with van der Waals surface area (Å²) >= 11 is 12.3. The minimum atomic E-state index is 0.678. The monoisotopic (exact) mass is 493 g/mol. The number of pyridine rings is 1. The number of aryl methyl sites for hydroxylation is 2. The van der Waals surface area contributed by atoms with Gasteiger partial charge in [-0.15, -0.1) is 0 Å². The quantitative estimate of drug-likeness (QED) is 0.229. The predicted octanol–water partition coefficient (Wildman–Crippen LogP) is 9.48. The second-order valence-corrected chi connectivity index (χ2v) is 9.61. The van der Waals surface area contributed by atoms with Crippen LogP contribution in [0.25, 0.3) is 33.6 Å².